The second-order valence-electron chi connectivity index (χ2n) is 6.67. The van der Waals surface area contributed by atoms with Crippen molar-refractivity contribution in [3.8, 4) is 0 Å². The van der Waals surface area contributed by atoms with Crippen LogP contribution in [-0.2, 0) is 6.54 Å². The molecule has 27 heavy (non-hydrogen) atoms. The summed E-state index contributed by atoms with van der Waals surface area (Å²) in [6.45, 7) is 8.00. The van der Waals surface area contributed by atoms with Gasteiger partial charge in [-0.15, -0.1) is 0 Å². The zero-order valence-electron chi connectivity index (χ0n) is 15.9. The van der Waals surface area contributed by atoms with Crippen LogP contribution in [-0.4, -0.2) is 15.8 Å². The summed E-state index contributed by atoms with van der Waals surface area (Å²) in [6.07, 6.45) is 0. The number of carbonyl (C=O) groups excluding carboxylic acids is 1. The van der Waals surface area contributed by atoms with Crippen LogP contribution in [0.2, 0.25) is 0 Å². The summed E-state index contributed by atoms with van der Waals surface area (Å²) in [5, 5.41) is 10.1. The molecule has 0 aliphatic heterocycles. The Morgan fingerprint density at radius 2 is 1.78 bits per heavy atom. The van der Waals surface area contributed by atoms with Gasteiger partial charge in [0.15, 0.2) is 0 Å². The van der Waals surface area contributed by atoms with Gasteiger partial charge in [0.25, 0.3) is 0 Å². The van der Waals surface area contributed by atoms with Crippen molar-refractivity contribution in [3.05, 3.63) is 76.4 Å². The Kier molecular flexibility index (Phi) is 5.26. The maximum Gasteiger partial charge on any atom is 0.323 e. The first-order valence-corrected chi connectivity index (χ1v) is 8.78. The highest BCUT2D eigenvalue weighted by molar-refractivity contribution is 6.00. The molecule has 140 valence electrons. The SMILES string of the molecule is Cc1ccc(NC(=O)Nc2c(C)nn(Cc3ccccc3F)c2C)cc1C. The Morgan fingerprint density at radius 1 is 1.04 bits per heavy atom. The Balaban J connectivity index is 1.75. The average molecular weight is 366 g/mol. The van der Waals surface area contributed by atoms with E-state index >= 15 is 0 Å². The molecule has 5 nitrogen and oxygen atoms in total. The fourth-order valence-corrected chi connectivity index (χ4v) is 2.91. The molecule has 1 aromatic heterocycles. The molecule has 2 amide bonds. The minimum Gasteiger partial charge on any atom is -0.308 e. The van der Waals surface area contributed by atoms with Gasteiger partial charge in [-0.2, -0.15) is 5.10 Å². The molecule has 0 atom stereocenters. The van der Waals surface area contributed by atoms with Crippen LogP contribution >= 0.6 is 0 Å². The number of aryl methyl sites for hydroxylation is 3. The number of aromatic nitrogens is 2. The van der Waals surface area contributed by atoms with Crippen LogP contribution in [0.25, 0.3) is 0 Å². The third-order valence-electron chi connectivity index (χ3n) is 4.66. The molecule has 0 fully saturated rings. The Bertz CT molecular complexity index is 994. The third-order valence-corrected chi connectivity index (χ3v) is 4.66. The summed E-state index contributed by atoms with van der Waals surface area (Å²) in [7, 11) is 0. The first-order chi connectivity index (χ1) is 12.8. The van der Waals surface area contributed by atoms with Crippen LogP contribution in [0.5, 0.6) is 0 Å². The highest BCUT2D eigenvalue weighted by Gasteiger charge is 2.15. The van der Waals surface area contributed by atoms with E-state index in [4.69, 9.17) is 0 Å². The molecule has 1 heterocycles. The van der Waals surface area contributed by atoms with Gasteiger partial charge in [-0.3, -0.25) is 4.68 Å². The quantitative estimate of drug-likeness (QED) is 0.686. The molecular weight excluding hydrogens is 343 g/mol. The smallest absolute Gasteiger partial charge is 0.308 e. The Hall–Kier alpha value is -3.15. The van der Waals surface area contributed by atoms with Gasteiger partial charge >= 0.3 is 6.03 Å². The molecule has 2 N–H and O–H groups in total. The summed E-state index contributed by atoms with van der Waals surface area (Å²) >= 11 is 0. The molecule has 3 rings (SSSR count). The van der Waals surface area contributed by atoms with Gasteiger partial charge in [0, 0.05) is 11.3 Å². The molecule has 6 heteroatoms. The first-order valence-electron chi connectivity index (χ1n) is 8.78. The van der Waals surface area contributed by atoms with Crippen LogP contribution in [0.1, 0.15) is 28.1 Å². The van der Waals surface area contributed by atoms with E-state index < -0.39 is 0 Å². The first kappa shape index (κ1) is 18.6. The molecule has 0 aliphatic carbocycles. The molecule has 0 unspecified atom stereocenters. The molecule has 0 spiro atoms. The van der Waals surface area contributed by atoms with Gasteiger partial charge in [0.2, 0.25) is 0 Å². The highest BCUT2D eigenvalue weighted by atomic mass is 19.1. The topological polar surface area (TPSA) is 59.0 Å². The maximum absolute atomic E-state index is 13.9. The van der Waals surface area contributed by atoms with Crippen LogP contribution < -0.4 is 10.6 Å². The van der Waals surface area contributed by atoms with Crippen molar-refractivity contribution in [1.82, 2.24) is 9.78 Å². The predicted molar refractivity (Wildman–Crippen MR) is 106 cm³/mol. The van der Waals surface area contributed by atoms with E-state index in [1.165, 1.54) is 11.6 Å². The minimum atomic E-state index is -0.338. The van der Waals surface area contributed by atoms with Gasteiger partial charge in [0.1, 0.15) is 5.82 Å². The molecule has 3 aromatic rings. The lowest BCUT2D eigenvalue weighted by Crippen LogP contribution is -2.20. The molecule has 0 aliphatic rings. The number of nitrogens with one attached hydrogen (secondary N) is 2. The van der Waals surface area contributed by atoms with E-state index in [1.807, 2.05) is 45.9 Å². The van der Waals surface area contributed by atoms with E-state index in [1.54, 1.807) is 22.9 Å². The minimum absolute atomic E-state index is 0.271. The molecule has 0 bridgehead atoms. The normalized spacial score (nSPS) is 10.7. The fourth-order valence-electron chi connectivity index (χ4n) is 2.91. The van der Waals surface area contributed by atoms with Crippen molar-refractivity contribution in [3.63, 3.8) is 0 Å². The van der Waals surface area contributed by atoms with Crippen molar-refractivity contribution < 1.29 is 9.18 Å². The van der Waals surface area contributed by atoms with E-state index in [2.05, 4.69) is 15.7 Å². The van der Waals surface area contributed by atoms with Crippen LogP contribution in [0.3, 0.4) is 0 Å². The molecule has 0 saturated carbocycles. The van der Waals surface area contributed by atoms with Crippen molar-refractivity contribution in [2.75, 3.05) is 10.6 Å². The van der Waals surface area contributed by atoms with E-state index in [9.17, 15) is 9.18 Å². The number of hydrogen-bond donors (Lipinski definition) is 2. The van der Waals surface area contributed by atoms with Crippen molar-refractivity contribution in [1.29, 1.82) is 0 Å². The second-order valence-corrected chi connectivity index (χ2v) is 6.67. The zero-order valence-corrected chi connectivity index (χ0v) is 15.9. The highest BCUT2D eigenvalue weighted by Crippen LogP contribution is 2.22. The predicted octanol–water partition coefficient (Wildman–Crippen LogP) is 4.95. The average Bonchev–Trinajstić information content (AvgIpc) is 2.88. The molecule has 2 aromatic carbocycles. The Labute approximate surface area is 158 Å². The number of rotatable bonds is 4. The van der Waals surface area contributed by atoms with Crippen LogP contribution in [0.4, 0.5) is 20.6 Å². The fraction of sp³-hybridized carbons (Fsp3) is 0.238. The largest absolute Gasteiger partial charge is 0.323 e. The van der Waals surface area contributed by atoms with E-state index in [-0.39, 0.29) is 11.8 Å². The lowest BCUT2D eigenvalue weighted by Gasteiger charge is -2.10. The van der Waals surface area contributed by atoms with Crippen molar-refractivity contribution in [2.45, 2.75) is 34.2 Å². The Morgan fingerprint density at radius 3 is 2.48 bits per heavy atom. The number of amides is 2. The number of hydrogen-bond acceptors (Lipinski definition) is 2. The number of halogens is 1. The van der Waals surface area contributed by atoms with Gasteiger partial charge < -0.3 is 10.6 Å². The van der Waals surface area contributed by atoms with E-state index in [0.29, 0.717) is 23.5 Å². The number of nitrogens with zero attached hydrogens (tertiary/aromatic N) is 2. The van der Waals surface area contributed by atoms with Crippen LogP contribution in [0, 0.1) is 33.5 Å². The lowest BCUT2D eigenvalue weighted by atomic mass is 10.1. The standard InChI is InChI=1S/C21H23FN4O/c1-13-9-10-18(11-14(13)2)23-21(27)24-20-15(3)25-26(16(20)4)12-17-7-5-6-8-19(17)22/h5-11H,12H2,1-4H3,(H2,23,24,27). The summed E-state index contributed by atoms with van der Waals surface area (Å²) in [6, 6.07) is 12.0. The maximum atomic E-state index is 13.9. The molecule has 0 saturated heterocycles. The van der Waals surface area contributed by atoms with Crippen molar-refractivity contribution >= 4 is 17.4 Å². The summed E-state index contributed by atoms with van der Waals surface area (Å²) in [4.78, 5) is 12.4. The summed E-state index contributed by atoms with van der Waals surface area (Å²) in [5.74, 6) is -0.271. The third kappa shape index (κ3) is 4.16. The van der Waals surface area contributed by atoms with Crippen molar-refractivity contribution in [2.24, 2.45) is 0 Å². The van der Waals surface area contributed by atoms with E-state index in [0.717, 1.165) is 16.9 Å². The monoisotopic (exact) mass is 366 g/mol. The van der Waals surface area contributed by atoms with Gasteiger partial charge in [-0.1, -0.05) is 24.3 Å². The summed E-state index contributed by atoms with van der Waals surface area (Å²) < 4.78 is 15.6. The van der Waals surface area contributed by atoms with Gasteiger partial charge in [-0.25, -0.2) is 9.18 Å². The summed E-state index contributed by atoms with van der Waals surface area (Å²) in [5.41, 5.74) is 5.64. The number of carbonyl (C=O) groups is 1. The lowest BCUT2D eigenvalue weighted by molar-refractivity contribution is 0.262. The number of anilines is 2. The molecular formula is C21H23FN4O. The zero-order chi connectivity index (χ0) is 19.6. The number of urea groups is 1. The second kappa shape index (κ2) is 7.61. The van der Waals surface area contributed by atoms with Crippen LogP contribution in [0.15, 0.2) is 42.5 Å². The number of benzene rings is 2. The van der Waals surface area contributed by atoms with Gasteiger partial charge in [-0.05, 0) is 57.0 Å². The molecule has 0 radical (unpaired) electrons. The van der Waals surface area contributed by atoms with Gasteiger partial charge in [0.05, 0.1) is 23.6 Å².